The van der Waals surface area contributed by atoms with Gasteiger partial charge in [0.2, 0.25) is 11.8 Å². The minimum Gasteiger partial charge on any atom is -0.368 e. The second kappa shape index (κ2) is 11.9. The van der Waals surface area contributed by atoms with Gasteiger partial charge in [0.05, 0.1) is 5.92 Å². The topological polar surface area (TPSA) is 78.7 Å². The van der Waals surface area contributed by atoms with Gasteiger partial charge in [-0.1, -0.05) is 49.6 Å². The van der Waals surface area contributed by atoms with Crippen LogP contribution in [0.5, 0.6) is 0 Å². The predicted octanol–water partition coefficient (Wildman–Crippen LogP) is 3.98. The van der Waals surface area contributed by atoms with E-state index in [0.717, 1.165) is 64.6 Å². The fourth-order valence-corrected chi connectivity index (χ4v) is 6.18. The molecular weight excluding hydrogens is 436 g/mol. The highest BCUT2D eigenvalue weighted by Gasteiger charge is 2.50. The smallest absolute Gasteiger partial charge is 0.238 e. The number of nitrogens with one attached hydrogen (secondary N) is 1. The second-order valence-electron chi connectivity index (χ2n) is 11.9. The van der Waals surface area contributed by atoms with Gasteiger partial charge in [0.1, 0.15) is 5.54 Å². The van der Waals surface area contributed by atoms with Crippen LogP contribution in [0.25, 0.3) is 0 Å². The van der Waals surface area contributed by atoms with Gasteiger partial charge in [-0.3, -0.25) is 14.5 Å². The third-order valence-electron chi connectivity index (χ3n) is 8.59. The van der Waals surface area contributed by atoms with Crippen molar-refractivity contribution in [2.75, 3.05) is 26.7 Å². The maximum atomic E-state index is 14.2. The predicted molar refractivity (Wildman–Crippen MR) is 143 cm³/mol. The number of likely N-dealkylation sites (tertiary alicyclic amines) is 1. The molecule has 6 nitrogen and oxygen atoms in total. The van der Waals surface area contributed by atoms with Gasteiger partial charge >= 0.3 is 0 Å². The molecule has 0 aromatic heterocycles. The van der Waals surface area contributed by atoms with Crippen molar-refractivity contribution in [3.05, 3.63) is 35.9 Å². The first-order valence-corrected chi connectivity index (χ1v) is 13.7. The van der Waals surface area contributed by atoms with E-state index in [2.05, 4.69) is 66.2 Å². The van der Waals surface area contributed by atoms with Crippen LogP contribution in [0.15, 0.2) is 30.3 Å². The molecule has 0 bridgehead atoms. The van der Waals surface area contributed by atoms with Crippen LogP contribution in [0.4, 0.5) is 0 Å². The first kappa shape index (κ1) is 27.7. The first-order chi connectivity index (χ1) is 16.6. The van der Waals surface area contributed by atoms with E-state index in [1.165, 1.54) is 12.0 Å². The Labute approximate surface area is 213 Å². The van der Waals surface area contributed by atoms with E-state index in [4.69, 9.17) is 5.73 Å². The van der Waals surface area contributed by atoms with Crippen molar-refractivity contribution in [1.82, 2.24) is 15.1 Å². The summed E-state index contributed by atoms with van der Waals surface area (Å²) < 4.78 is 0. The highest BCUT2D eigenvalue weighted by molar-refractivity contribution is 5.93. The molecule has 1 unspecified atom stereocenters. The molecule has 1 aromatic rings. The zero-order valence-electron chi connectivity index (χ0n) is 22.7. The maximum Gasteiger partial charge on any atom is 0.238 e. The molecule has 3 N–H and O–H groups in total. The van der Waals surface area contributed by atoms with E-state index in [9.17, 15) is 9.59 Å². The lowest BCUT2D eigenvalue weighted by Gasteiger charge is -2.44. The molecule has 0 spiro atoms. The van der Waals surface area contributed by atoms with Crippen LogP contribution in [0.2, 0.25) is 0 Å². The molecule has 2 aliphatic rings. The summed E-state index contributed by atoms with van der Waals surface area (Å²) >= 11 is 0. The molecular formula is C29H48N4O2. The van der Waals surface area contributed by atoms with Gasteiger partial charge in [-0.2, -0.15) is 0 Å². The summed E-state index contributed by atoms with van der Waals surface area (Å²) in [5.41, 5.74) is 6.21. The number of carbonyl (C=O) groups is 2. The number of benzene rings is 1. The Kier molecular flexibility index (Phi) is 9.39. The summed E-state index contributed by atoms with van der Waals surface area (Å²) in [6.07, 6.45) is 8.43. The van der Waals surface area contributed by atoms with Gasteiger partial charge in [0.15, 0.2) is 0 Å². The van der Waals surface area contributed by atoms with Crippen LogP contribution >= 0.6 is 0 Å². The SMILES string of the molecule is CNC(C)(C(N)=O)[C@@H](C(=O)N1CCC[C@H]1CN(CCc1ccccc1)C(C)(C)C)C1CCCCC1. The summed E-state index contributed by atoms with van der Waals surface area (Å²) in [4.78, 5) is 31.5. The fourth-order valence-electron chi connectivity index (χ4n) is 6.18. The summed E-state index contributed by atoms with van der Waals surface area (Å²) in [7, 11) is 1.76. The number of primary amides is 1. The Morgan fingerprint density at radius 3 is 2.29 bits per heavy atom. The highest BCUT2D eigenvalue weighted by atomic mass is 16.2. The molecule has 35 heavy (non-hydrogen) atoms. The Bertz CT molecular complexity index is 831. The van der Waals surface area contributed by atoms with Crippen LogP contribution in [0.1, 0.15) is 78.2 Å². The number of hydrogen-bond donors (Lipinski definition) is 2. The van der Waals surface area contributed by atoms with E-state index >= 15 is 0 Å². The molecule has 1 aliphatic heterocycles. The van der Waals surface area contributed by atoms with Crippen molar-refractivity contribution < 1.29 is 9.59 Å². The molecule has 196 valence electrons. The zero-order valence-corrected chi connectivity index (χ0v) is 22.7. The van der Waals surface area contributed by atoms with Crippen molar-refractivity contribution in [2.45, 2.75) is 96.2 Å². The Morgan fingerprint density at radius 2 is 1.71 bits per heavy atom. The molecule has 1 aromatic carbocycles. The van der Waals surface area contributed by atoms with Gasteiger partial charge in [0, 0.05) is 31.2 Å². The number of likely N-dealkylation sites (N-methyl/N-ethyl adjacent to an activating group) is 1. The average molecular weight is 485 g/mol. The molecule has 1 heterocycles. The number of carbonyl (C=O) groups excluding carboxylic acids is 2. The monoisotopic (exact) mass is 484 g/mol. The molecule has 3 atom stereocenters. The van der Waals surface area contributed by atoms with Crippen molar-refractivity contribution in [2.24, 2.45) is 17.6 Å². The molecule has 3 rings (SSSR count). The van der Waals surface area contributed by atoms with E-state index in [-0.39, 0.29) is 23.4 Å². The van der Waals surface area contributed by atoms with E-state index in [1.54, 1.807) is 7.05 Å². The summed E-state index contributed by atoms with van der Waals surface area (Å²) in [5, 5.41) is 3.17. The average Bonchev–Trinajstić information content (AvgIpc) is 3.30. The molecule has 2 fully saturated rings. The van der Waals surface area contributed by atoms with Gasteiger partial charge in [0.25, 0.3) is 0 Å². The second-order valence-corrected chi connectivity index (χ2v) is 11.9. The van der Waals surface area contributed by atoms with Crippen molar-refractivity contribution >= 4 is 11.8 Å². The minimum atomic E-state index is -1.04. The van der Waals surface area contributed by atoms with Crippen molar-refractivity contribution in [3.8, 4) is 0 Å². The molecule has 6 heteroatoms. The number of rotatable bonds is 10. The maximum absolute atomic E-state index is 14.2. The summed E-state index contributed by atoms with van der Waals surface area (Å²) in [6, 6.07) is 10.8. The number of amides is 2. The lowest BCUT2D eigenvalue weighted by molar-refractivity contribution is -0.147. The normalized spacial score (nSPS) is 22.2. The lowest BCUT2D eigenvalue weighted by atomic mass is 9.69. The van der Waals surface area contributed by atoms with Crippen LogP contribution in [-0.2, 0) is 16.0 Å². The van der Waals surface area contributed by atoms with E-state index in [1.807, 2.05) is 6.92 Å². The number of hydrogen-bond acceptors (Lipinski definition) is 4. The zero-order chi connectivity index (χ0) is 25.6. The number of nitrogens with two attached hydrogens (primary N) is 1. The van der Waals surface area contributed by atoms with Crippen LogP contribution in [0, 0.1) is 11.8 Å². The molecule has 1 saturated heterocycles. The standard InChI is InChI=1S/C29H48N4O2/c1-28(2,3)32(20-18-22-13-8-6-9-14-22)21-24-17-12-19-33(24)26(34)25(23-15-10-7-11-16-23)29(4,31-5)27(30)35/h6,8-9,13-14,23-25,31H,7,10-12,15-21H2,1-5H3,(H2,30,35)/t24-,25+,29?/m0/s1. The fraction of sp³-hybridized carbons (Fsp3) is 0.724. The van der Waals surface area contributed by atoms with Crippen LogP contribution < -0.4 is 11.1 Å². The van der Waals surface area contributed by atoms with Gasteiger partial charge in [-0.05, 0) is 78.3 Å². The number of nitrogens with zero attached hydrogens (tertiary/aromatic N) is 2. The van der Waals surface area contributed by atoms with Gasteiger partial charge in [-0.15, -0.1) is 0 Å². The lowest BCUT2D eigenvalue weighted by Crippen LogP contribution is -2.64. The molecule has 1 aliphatic carbocycles. The van der Waals surface area contributed by atoms with Crippen LogP contribution in [-0.4, -0.2) is 65.4 Å². The molecule has 1 saturated carbocycles. The van der Waals surface area contributed by atoms with Gasteiger partial charge in [-0.25, -0.2) is 0 Å². The largest absolute Gasteiger partial charge is 0.368 e. The Hall–Kier alpha value is -1.92. The van der Waals surface area contributed by atoms with Crippen molar-refractivity contribution in [1.29, 1.82) is 0 Å². The molecule has 0 radical (unpaired) electrons. The minimum absolute atomic E-state index is 0.00156. The molecule has 2 amide bonds. The van der Waals surface area contributed by atoms with E-state index in [0.29, 0.717) is 0 Å². The quantitative estimate of drug-likeness (QED) is 0.527. The third kappa shape index (κ3) is 6.65. The highest BCUT2D eigenvalue weighted by Crippen LogP contribution is 2.38. The van der Waals surface area contributed by atoms with Crippen molar-refractivity contribution in [3.63, 3.8) is 0 Å². The Balaban J connectivity index is 1.80. The Morgan fingerprint density at radius 1 is 1.06 bits per heavy atom. The third-order valence-corrected chi connectivity index (χ3v) is 8.59. The van der Waals surface area contributed by atoms with Gasteiger partial charge < -0.3 is 16.0 Å². The van der Waals surface area contributed by atoms with E-state index < -0.39 is 17.4 Å². The van der Waals surface area contributed by atoms with Crippen LogP contribution in [0.3, 0.4) is 0 Å². The first-order valence-electron chi connectivity index (χ1n) is 13.7. The summed E-state index contributed by atoms with van der Waals surface area (Å²) in [6.45, 7) is 11.2. The summed E-state index contributed by atoms with van der Waals surface area (Å²) in [5.74, 6) is -0.539.